The van der Waals surface area contributed by atoms with Crippen LogP contribution in [0.4, 0.5) is 0 Å². The molecule has 0 saturated carbocycles. The molecule has 0 aliphatic rings. The van der Waals surface area contributed by atoms with Crippen molar-refractivity contribution in [2.75, 3.05) is 6.61 Å². The number of ether oxygens (including phenoxy) is 1. The van der Waals surface area contributed by atoms with Gasteiger partial charge in [-0.3, -0.25) is 4.79 Å². The number of rotatable bonds is 3. The van der Waals surface area contributed by atoms with Crippen LogP contribution in [-0.2, 0) is 16.0 Å². The van der Waals surface area contributed by atoms with Crippen molar-refractivity contribution in [2.24, 2.45) is 0 Å². The van der Waals surface area contributed by atoms with Crippen molar-refractivity contribution < 1.29 is 9.53 Å². The monoisotopic (exact) mass is 235 g/mol. The van der Waals surface area contributed by atoms with Crippen LogP contribution in [0, 0.1) is 18.3 Å². The SMILES string of the molecule is CCOC(=O)Cc1ccc(S)c(C#N)c1C. The van der Waals surface area contributed by atoms with E-state index in [2.05, 4.69) is 18.7 Å². The second-order valence-corrected chi connectivity index (χ2v) is 3.82. The van der Waals surface area contributed by atoms with Crippen LogP contribution in [0.15, 0.2) is 17.0 Å². The van der Waals surface area contributed by atoms with Crippen LogP contribution >= 0.6 is 12.6 Å². The van der Waals surface area contributed by atoms with Crippen molar-refractivity contribution in [1.82, 2.24) is 0 Å². The zero-order valence-corrected chi connectivity index (χ0v) is 10.2. The number of thiol groups is 1. The molecule has 1 aromatic rings. The average molecular weight is 235 g/mol. The van der Waals surface area contributed by atoms with Gasteiger partial charge in [-0.15, -0.1) is 12.6 Å². The second-order valence-electron chi connectivity index (χ2n) is 3.34. The van der Waals surface area contributed by atoms with Crippen molar-refractivity contribution in [3.63, 3.8) is 0 Å². The van der Waals surface area contributed by atoms with Crippen LogP contribution in [0.3, 0.4) is 0 Å². The molecule has 0 spiro atoms. The first kappa shape index (κ1) is 12.6. The van der Waals surface area contributed by atoms with E-state index >= 15 is 0 Å². The molecule has 0 aromatic heterocycles. The number of carbonyl (C=O) groups excluding carboxylic acids is 1. The fourth-order valence-electron chi connectivity index (χ4n) is 1.44. The predicted octanol–water partition coefficient (Wildman–Crippen LogP) is 2.26. The van der Waals surface area contributed by atoms with E-state index in [4.69, 9.17) is 10.00 Å². The Morgan fingerprint density at radius 1 is 1.56 bits per heavy atom. The van der Waals surface area contributed by atoms with Gasteiger partial charge in [0.25, 0.3) is 0 Å². The minimum Gasteiger partial charge on any atom is -0.466 e. The summed E-state index contributed by atoms with van der Waals surface area (Å²) in [4.78, 5) is 12.0. The van der Waals surface area contributed by atoms with E-state index in [-0.39, 0.29) is 12.4 Å². The van der Waals surface area contributed by atoms with Crippen LogP contribution in [0.25, 0.3) is 0 Å². The third-order valence-corrected chi connectivity index (χ3v) is 2.68. The highest BCUT2D eigenvalue weighted by atomic mass is 32.1. The third kappa shape index (κ3) is 2.77. The number of hydrogen-bond donors (Lipinski definition) is 1. The molecular formula is C12H13NO2S. The summed E-state index contributed by atoms with van der Waals surface area (Å²) in [5.74, 6) is -0.276. The van der Waals surface area contributed by atoms with Crippen molar-refractivity contribution in [1.29, 1.82) is 5.26 Å². The lowest BCUT2D eigenvalue weighted by atomic mass is 10.0. The fourth-order valence-corrected chi connectivity index (χ4v) is 1.73. The standard InChI is InChI=1S/C12H13NO2S/c1-3-15-12(14)6-9-4-5-11(16)10(7-13)8(9)2/h4-5,16H,3,6H2,1-2H3. The molecule has 0 fully saturated rings. The largest absolute Gasteiger partial charge is 0.466 e. The number of nitriles is 1. The minimum absolute atomic E-state index is 0.197. The van der Waals surface area contributed by atoms with Gasteiger partial charge in [0.1, 0.15) is 6.07 Å². The number of hydrogen-bond acceptors (Lipinski definition) is 4. The maximum absolute atomic E-state index is 11.3. The van der Waals surface area contributed by atoms with Crippen molar-refractivity contribution >= 4 is 18.6 Å². The summed E-state index contributed by atoms with van der Waals surface area (Å²) >= 11 is 4.19. The highest BCUT2D eigenvalue weighted by Crippen LogP contribution is 2.21. The maximum atomic E-state index is 11.3. The molecule has 0 heterocycles. The molecule has 1 aromatic carbocycles. The summed E-state index contributed by atoms with van der Waals surface area (Å²) in [7, 11) is 0. The molecule has 0 N–H and O–H groups in total. The molecule has 0 saturated heterocycles. The van der Waals surface area contributed by atoms with E-state index < -0.39 is 0 Å². The van der Waals surface area contributed by atoms with E-state index in [1.54, 1.807) is 19.1 Å². The maximum Gasteiger partial charge on any atom is 0.310 e. The summed E-state index contributed by atoms with van der Waals surface area (Å²) in [5, 5.41) is 8.95. The molecule has 0 bridgehead atoms. The molecule has 1 rings (SSSR count). The van der Waals surface area contributed by atoms with Gasteiger partial charge in [0.2, 0.25) is 0 Å². The highest BCUT2D eigenvalue weighted by Gasteiger charge is 2.11. The van der Waals surface area contributed by atoms with Crippen molar-refractivity contribution in [2.45, 2.75) is 25.2 Å². The van der Waals surface area contributed by atoms with E-state index in [9.17, 15) is 4.79 Å². The summed E-state index contributed by atoms with van der Waals surface area (Å²) in [6, 6.07) is 5.61. The van der Waals surface area contributed by atoms with Gasteiger partial charge < -0.3 is 4.74 Å². The normalized spacial score (nSPS) is 9.62. The zero-order chi connectivity index (χ0) is 12.1. The van der Waals surface area contributed by atoms with Gasteiger partial charge in [0.05, 0.1) is 18.6 Å². The number of carbonyl (C=O) groups is 1. The molecule has 0 unspecified atom stereocenters. The van der Waals surface area contributed by atoms with Crippen LogP contribution in [0.5, 0.6) is 0 Å². The predicted molar refractivity (Wildman–Crippen MR) is 63.5 cm³/mol. The lowest BCUT2D eigenvalue weighted by Gasteiger charge is -2.08. The molecule has 0 aliphatic carbocycles. The Hall–Kier alpha value is -1.47. The Balaban J connectivity index is 2.99. The Bertz CT molecular complexity index is 449. The van der Waals surface area contributed by atoms with Gasteiger partial charge in [-0.25, -0.2) is 0 Å². The van der Waals surface area contributed by atoms with E-state index in [1.807, 2.05) is 6.92 Å². The van der Waals surface area contributed by atoms with E-state index in [0.29, 0.717) is 17.1 Å². The van der Waals surface area contributed by atoms with E-state index in [0.717, 1.165) is 11.1 Å². The van der Waals surface area contributed by atoms with E-state index in [1.165, 1.54) is 0 Å². The molecule has 4 heteroatoms. The third-order valence-electron chi connectivity index (χ3n) is 2.31. The average Bonchev–Trinajstić information content (AvgIpc) is 2.23. The first-order valence-corrected chi connectivity index (χ1v) is 5.42. The van der Waals surface area contributed by atoms with Crippen molar-refractivity contribution in [3.8, 4) is 6.07 Å². The fraction of sp³-hybridized carbons (Fsp3) is 0.333. The lowest BCUT2D eigenvalue weighted by molar-refractivity contribution is -0.142. The molecule has 0 radical (unpaired) electrons. The minimum atomic E-state index is -0.276. The number of benzene rings is 1. The molecular weight excluding hydrogens is 222 g/mol. The molecule has 3 nitrogen and oxygen atoms in total. The zero-order valence-electron chi connectivity index (χ0n) is 9.28. The van der Waals surface area contributed by atoms with Gasteiger partial charge >= 0.3 is 5.97 Å². The lowest BCUT2D eigenvalue weighted by Crippen LogP contribution is -2.09. The van der Waals surface area contributed by atoms with Crippen LogP contribution in [0.2, 0.25) is 0 Å². The summed E-state index contributed by atoms with van der Waals surface area (Å²) in [6.45, 7) is 3.95. The molecule has 16 heavy (non-hydrogen) atoms. The highest BCUT2D eigenvalue weighted by molar-refractivity contribution is 7.80. The Kier molecular flexibility index (Phi) is 4.39. The summed E-state index contributed by atoms with van der Waals surface area (Å²) in [5.41, 5.74) is 2.13. The first-order chi connectivity index (χ1) is 7.60. The molecule has 84 valence electrons. The first-order valence-electron chi connectivity index (χ1n) is 4.97. The van der Waals surface area contributed by atoms with Crippen LogP contribution < -0.4 is 0 Å². The Labute approximate surface area is 100 Å². The summed E-state index contributed by atoms with van der Waals surface area (Å²) < 4.78 is 4.86. The van der Waals surface area contributed by atoms with Gasteiger partial charge in [0.15, 0.2) is 0 Å². The van der Waals surface area contributed by atoms with Crippen molar-refractivity contribution in [3.05, 3.63) is 28.8 Å². The molecule has 0 amide bonds. The quantitative estimate of drug-likeness (QED) is 0.646. The Morgan fingerprint density at radius 2 is 2.25 bits per heavy atom. The number of nitrogens with zero attached hydrogens (tertiary/aromatic N) is 1. The smallest absolute Gasteiger partial charge is 0.310 e. The topological polar surface area (TPSA) is 50.1 Å². The van der Waals surface area contributed by atoms with Gasteiger partial charge in [-0.2, -0.15) is 5.26 Å². The van der Waals surface area contributed by atoms with Crippen LogP contribution in [0.1, 0.15) is 23.6 Å². The Morgan fingerprint density at radius 3 is 2.81 bits per heavy atom. The summed E-state index contributed by atoms with van der Waals surface area (Å²) in [6.07, 6.45) is 0.197. The van der Waals surface area contributed by atoms with Gasteiger partial charge in [0, 0.05) is 4.90 Å². The molecule has 0 atom stereocenters. The molecule has 0 aliphatic heterocycles. The van der Waals surface area contributed by atoms with Gasteiger partial charge in [-0.05, 0) is 31.0 Å². The second kappa shape index (κ2) is 5.57. The number of esters is 1. The van der Waals surface area contributed by atoms with Gasteiger partial charge in [-0.1, -0.05) is 6.07 Å². The van der Waals surface area contributed by atoms with Crippen LogP contribution in [-0.4, -0.2) is 12.6 Å².